The molecule has 128 valence electrons. The van der Waals surface area contributed by atoms with E-state index in [0.717, 1.165) is 19.3 Å². The minimum absolute atomic E-state index is 0.528. The Balaban J connectivity index is 1.81. The summed E-state index contributed by atoms with van der Waals surface area (Å²) in [7, 11) is 0. The van der Waals surface area contributed by atoms with E-state index in [4.69, 9.17) is 4.74 Å². The lowest BCUT2D eigenvalue weighted by Gasteiger charge is -2.01. The molecule has 1 fully saturated rings. The number of unbranched alkanes of at least 4 members (excludes halogenated alkanes) is 8. The van der Waals surface area contributed by atoms with Gasteiger partial charge in [-0.15, -0.1) is 0 Å². The molecule has 0 amide bonds. The summed E-state index contributed by atoms with van der Waals surface area (Å²) in [6, 6.07) is 0. The first-order valence-electron chi connectivity index (χ1n) is 9.84. The molecule has 22 heavy (non-hydrogen) atoms. The van der Waals surface area contributed by atoms with Crippen molar-refractivity contribution in [3.63, 3.8) is 0 Å². The largest absolute Gasteiger partial charge is 0.369 e. The summed E-state index contributed by atoms with van der Waals surface area (Å²) in [4.78, 5) is 0. The fourth-order valence-electron chi connectivity index (χ4n) is 2.96. The van der Waals surface area contributed by atoms with Gasteiger partial charge in [0.15, 0.2) is 0 Å². The third-order valence-corrected chi connectivity index (χ3v) is 4.49. The van der Waals surface area contributed by atoms with E-state index in [1.165, 1.54) is 64.2 Å². The lowest BCUT2D eigenvalue weighted by atomic mass is 10.0. The van der Waals surface area contributed by atoms with Crippen LogP contribution in [0.25, 0.3) is 0 Å². The van der Waals surface area contributed by atoms with Crippen molar-refractivity contribution < 1.29 is 4.74 Å². The molecule has 0 spiro atoms. The molecule has 1 nitrogen and oxygen atoms in total. The SMILES string of the molecule is CC/C=C\C/C=C\C[C@H]1O[C@H]1CCCCCCCCCCC. The Morgan fingerprint density at radius 1 is 0.682 bits per heavy atom. The van der Waals surface area contributed by atoms with Crippen LogP contribution >= 0.6 is 0 Å². The molecule has 1 saturated heterocycles. The van der Waals surface area contributed by atoms with Crippen molar-refractivity contribution in [3.05, 3.63) is 24.3 Å². The summed E-state index contributed by atoms with van der Waals surface area (Å²) < 4.78 is 5.75. The fraction of sp³-hybridized carbons (Fsp3) is 0.810. The zero-order chi connectivity index (χ0) is 15.9. The lowest BCUT2D eigenvalue weighted by molar-refractivity contribution is 0.358. The number of ether oxygens (including phenoxy) is 1. The van der Waals surface area contributed by atoms with Gasteiger partial charge in [0.05, 0.1) is 12.2 Å². The van der Waals surface area contributed by atoms with Gasteiger partial charge in [0.2, 0.25) is 0 Å². The van der Waals surface area contributed by atoms with E-state index in [1.54, 1.807) is 0 Å². The van der Waals surface area contributed by atoms with Crippen LogP contribution in [0.15, 0.2) is 24.3 Å². The van der Waals surface area contributed by atoms with E-state index < -0.39 is 0 Å². The minimum atomic E-state index is 0.528. The van der Waals surface area contributed by atoms with Gasteiger partial charge in [0, 0.05) is 0 Å². The molecule has 1 aliphatic rings. The first-order valence-corrected chi connectivity index (χ1v) is 9.84. The topological polar surface area (TPSA) is 12.5 Å². The Kier molecular flexibility index (Phi) is 12.5. The maximum absolute atomic E-state index is 5.75. The Labute approximate surface area is 139 Å². The van der Waals surface area contributed by atoms with Crippen LogP contribution in [0.1, 0.15) is 97.3 Å². The van der Waals surface area contributed by atoms with Gasteiger partial charge >= 0.3 is 0 Å². The second-order valence-corrected chi connectivity index (χ2v) is 6.65. The lowest BCUT2D eigenvalue weighted by Crippen LogP contribution is -1.93. The molecule has 1 rings (SSSR count). The summed E-state index contributed by atoms with van der Waals surface area (Å²) in [6.07, 6.45) is 27.5. The van der Waals surface area contributed by atoms with Crippen LogP contribution in [0.2, 0.25) is 0 Å². The summed E-state index contributed by atoms with van der Waals surface area (Å²) >= 11 is 0. The van der Waals surface area contributed by atoms with Crippen LogP contribution in [0, 0.1) is 0 Å². The van der Waals surface area contributed by atoms with Gasteiger partial charge in [-0.25, -0.2) is 0 Å². The zero-order valence-electron chi connectivity index (χ0n) is 15.1. The van der Waals surface area contributed by atoms with Gasteiger partial charge in [-0.05, 0) is 25.7 Å². The van der Waals surface area contributed by atoms with E-state index in [9.17, 15) is 0 Å². The van der Waals surface area contributed by atoms with Gasteiger partial charge in [0.25, 0.3) is 0 Å². The van der Waals surface area contributed by atoms with Gasteiger partial charge in [-0.1, -0.05) is 95.9 Å². The maximum Gasteiger partial charge on any atom is 0.0876 e. The molecule has 0 unspecified atom stereocenters. The highest BCUT2D eigenvalue weighted by Crippen LogP contribution is 2.30. The van der Waals surface area contributed by atoms with Gasteiger partial charge in [-0.3, -0.25) is 0 Å². The Morgan fingerprint density at radius 3 is 2.00 bits per heavy atom. The van der Waals surface area contributed by atoms with E-state index in [-0.39, 0.29) is 0 Å². The van der Waals surface area contributed by atoms with Gasteiger partial charge in [0.1, 0.15) is 0 Å². The first kappa shape index (κ1) is 19.5. The van der Waals surface area contributed by atoms with Crippen LogP contribution in [-0.2, 0) is 4.74 Å². The number of hydrogen-bond donors (Lipinski definition) is 0. The van der Waals surface area contributed by atoms with E-state index in [1.807, 2.05) is 0 Å². The molecule has 0 bridgehead atoms. The van der Waals surface area contributed by atoms with Crippen molar-refractivity contribution in [2.75, 3.05) is 0 Å². The second kappa shape index (κ2) is 14.1. The normalized spacial score (nSPS) is 21.2. The van der Waals surface area contributed by atoms with Crippen molar-refractivity contribution in [2.45, 2.75) is 110 Å². The average molecular weight is 307 g/mol. The quantitative estimate of drug-likeness (QED) is 0.181. The van der Waals surface area contributed by atoms with Crippen molar-refractivity contribution >= 4 is 0 Å². The average Bonchev–Trinajstić information content (AvgIpc) is 3.27. The molecule has 1 heteroatoms. The van der Waals surface area contributed by atoms with Gasteiger partial charge in [-0.2, -0.15) is 0 Å². The maximum atomic E-state index is 5.75. The predicted octanol–water partition coefficient (Wildman–Crippen LogP) is 6.98. The standard InChI is InChI=1S/C21H38O/c1-3-5-7-9-11-12-13-15-17-19-21-20(22-21)18-16-14-10-8-6-4-2/h6,8,14,16,20-21H,3-5,7,9-13,15,17-19H2,1-2H3/b8-6-,16-14-/t20-,21+/m1/s1. The zero-order valence-corrected chi connectivity index (χ0v) is 15.1. The minimum Gasteiger partial charge on any atom is -0.369 e. The van der Waals surface area contributed by atoms with E-state index in [2.05, 4.69) is 38.2 Å². The van der Waals surface area contributed by atoms with Crippen LogP contribution < -0.4 is 0 Å². The molecule has 0 N–H and O–H groups in total. The number of hydrogen-bond acceptors (Lipinski definition) is 1. The first-order chi connectivity index (χ1) is 10.9. The molecule has 0 aromatic carbocycles. The van der Waals surface area contributed by atoms with E-state index in [0.29, 0.717) is 12.2 Å². The van der Waals surface area contributed by atoms with Crippen LogP contribution in [0.4, 0.5) is 0 Å². The van der Waals surface area contributed by atoms with Crippen LogP contribution in [-0.4, -0.2) is 12.2 Å². The third kappa shape index (κ3) is 11.1. The van der Waals surface area contributed by atoms with E-state index >= 15 is 0 Å². The summed E-state index contributed by atoms with van der Waals surface area (Å²) in [5.41, 5.74) is 0. The van der Waals surface area contributed by atoms with Crippen molar-refractivity contribution in [1.29, 1.82) is 0 Å². The highest BCUT2D eigenvalue weighted by atomic mass is 16.6. The molecule has 1 heterocycles. The Morgan fingerprint density at radius 2 is 1.32 bits per heavy atom. The molecular formula is C21H38O. The smallest absolute Gasteiger partial charge is 0.0876 e. The van der Waals surface area contributed by atoms with Crippen molar-refractivity contribution in [1.82, 2.24) is 0 Å². The van der Waals surface area contributed by atoms with Crippen LogP contribution in [0.5, 0.6) is 0 Å². The monoisotopic (exact) mass is 306 g/mol. The second-order valence-electron chi connectivity index (χ2n) is 6.65. The molecule has 0 radical (unpaired) electrons. The molecule has 0 aromatic heterocycles. The highest BCUT2D eigenvalue weighted by Gasteiger charge is 2.36. The number of allylic oxidation sites excluding steroid dienone is 3. The predicted molar refractivity (Wildman–Crippen MR) is 98.3 cm³/mol. The van der Waals surface area contributed by atoms with Crippen LogP contribution in [0.3, 0.4) is 0 Å². The van der Waals surface area contributed by atoms with Gasteiger partial charge < -0.3 is 4.74 Å². The molecule has 0 saturated carbocycles. The highest BCUT2D eigenvalue weighted by molar-refractivity contribution is 4.97. The Bertz CT molecular complexity index is 292. The third-order valence-electron chi connectivity index (χ3n) is 4.49. The summed E-state index contributed by atoms with van der Waals surface area (Å²) in [5, 5.41) is 0. The molecule has 2 atom stereocenters. The number of epoxide rings is 1. The fourth-order valence-corrected chi connectivity index (χ4v) is 2.96. The van der Waals surface area contributed by atoms with Crippen molar-refractivity contribution in [2.24, 2.45) is 0 Å². The molecule has 0 aromatic rings. The number of rotatable bonds is 15. The molecule has 1 aliphatic heterocycles. The molecular weight excluding hydrogens is 268 g/mol. The molecule has 0 aliphatic carbocycles. The summed E-state index contributed by atoms with van der Waals surface area (Å²) in [6.45, 7) is 4.46. The summed E-state index contributed by atoms with van der Waals surface area (Å²) in [5.74, 6) is 0. The Hall–Kier alpha value is -0.560. The van der Waals surface area contributed by atoms with Crippen molar-refractivity contribution in [3.8, 4) is 0 Å².